The van der Waals surface area contributed by atoms with Crippen LogP contribution in [0, 0.1) is 5.92 Å². The summed E-state index contributed by atoms with van der Waals surface area (Å²) in [7, 11) is 0. The Hall–Kier alpha value is -2.74. The molecule has 1 saturated heterocycles. The average molecular weight is 549 g/mol. The highest BCUT2D eigenvalue weighted by Crippen LogP contribution is 2.29. The van der Waals surface area contributed by atoms with Gasteiger partial charge in [0.05, 0.1) is 16.6 Å². The summed E-state index contributed by atoms with van der Waals surface area (Å²) in [4.78, 5) is 26.6. The largest absolute Gasteiger partial charge is 0.487 e. The van der Waals surface area contributed by atoms with E-state index in [1.807, 2.05) is 36.4 Å². The molecule has 0 radical (unpaired) electrons. The minimum absolute atomic E-state index is 0.0808. The third-order valence-corrected chi connectivity index (χ3v) is 6.28. The van der Waals surface area contributed by atoms with E-state index in [0.717, 1.165) is 15.7 Å². The molecule has 3 aromatic rings. The SMILES string of the molecule is O=C(NNc1ccc(OCc2ccc(Cl)cc2)c(Cl)c1)[C@H]1CC(=O)N(c2ccc(Br)cc2)C1. The summed E-state index contributed by atoms with van der Waals surface area (Å²) in [6.45, 7) is 0.678. The molecular weight excluding hydrogens is 529 g/mol. The van der Waals surface area contributed by atoms with E-state index >= 15 is 0 Å². The second kappa shape index (κ2) is 10.5. The number of hydrazine groups is 1. The number of carbonyl (C=O) groups excluding carboxylic acids is 2. The van der Waals surface area contributed by atoms with Gasteiger partial charge in [0.15, 0.2) is 0 Å². The number of anilines is 2. The number of ether oxygens (including phenoxy) is 1. The zero-order valence-corrected chi connectivity index (χ0v) is 20.5. The standard InChI is InChI=1S/C24H20BrCl2N3O3/c25-17-3-8-20(9-4-17)30-13-16(11-23(30)31)24(32)29-28-19-7-10-22(21(27)12-19)33-14-15-1-5-18(26)6-2-15/h1-10,12,16,28H,11,13-14H2,(H,29,32)/t16-/m0/s1. The fourth-order valence-electron chi connectivity index (χ4n) is 3.43. The highest BCUT2D eigenvalue weighted by Gasteiger charge is 2.35. The van der Waals surface area contributed by atoms with Gasteiger partial charge in [-0.3, -0.25) is 20.4 Å². The first-order valence-corrected chi connectivity index (χ1v) is 11.7. The van der Waals surface area contributed by atoms with Gasteiger partial charge >= 0.3 is 0 Å². The Bertz CT molecular complexity index is 1160. The molecule has 3 aromatic carbocycles. The third kappa shape index (κ3) is 5.99. The predicted octanol–water partition coefficient (Wildman–Crippen LogP) is 5.83. The van der Waals surface area contributed by atoms with E-state index in [2.05, 4.69) is 26.8 Å². The zero-order valence-electron chi connectivity index (χ0n) is 17.4. The lowest BCUT2D eigenvalue weighted by atomic mass is 10.1. The highest BCUT2D eigenvalue weighted by atomic mass is 79.9. The summed E-state index contributed by atoms with van der Waals surface area (Å²) in [6, 6.07) is 19.9. The fourth-order valence-corrected chi connectivity index (χ4v) is 4.05. The molecule has 170 valence electrons. The molecule has 2 N–H and O–H groups in total. The molecule has 0 aromatic heterocycles. The van der Waals surface area contributed by atoms with Gasteiger partial charge in [0.1, 0.15) is 12.4 Å². The maximum atomic E-state index is 12.6. The number of rotatable bonds is 7. The topological polar surface area (TPSA) is 70.7 Å². The van der Waals surface area contributed by atoms with Gasteiger partial charge in [-0.2, -0.15) is 0 Å². The lowest BCUT2D eigenvalue weighted by molar-refractivity contribution is -0.125. The molecule has 1 aliphatic heterocycles. The van der Waals surface area contributed by atoms with Crippen molar-refractivity contribution < 1.29 is 14.3 Å². The molecule has 0 saturated carbocycles. The molecule has 2 amide bonds. The molecular formula is C24H20BrCl2N3O3. The van der Waals surface area contributed by atoms with Crippen molar-refractivity contribution in [2.24, 2.45) is 5.92 Å². The van der Waals surface area contributed by atoms with Crippen molar-refractivity contribution in [2.45, 2.75) is 13.0 Å². The Morgan fingerprint density at radius 3 is 2.48 bits per heavy atom. The summed E-state index contributed by atoms with van der Waals surface area (Å²) in [5.74, 6) is -0.272. The second-order valence-electron chi connectivity index (χ2n) is 7.56. The molecule has 1 aliphatic rings. The quantitative estimate of drug-likeness (QED) is 0.364. The molecule has 1 fully saturated rings. The van der Waals surface area contributed by atoms with Crippen LogP contribution in [0.15, 0.2) is 71.2 Å². The molecule has 1 heterocycles. The minimum Gasteiger partial charge on any atom is -0.487 e. The van der Waals surface area contributed by atoms with Gasteiger partial charge in [-0.1, -0.05) is 51.3 Å². The van der Waals surface area contributed by atoms with E-state index in [9.17, 15) is 9.59 Å². The average Bonchev–Trinajstić information content (AvgIpc) is 3.20. The van der Waals surface area contributed by atoms with Gasteiger partial charge in [0.2, 0.25) is 11.8 Å². The highest BCUT2D eigenvalue weighted by molar-refractivity contribution is 9.10. The molecule has 33 heavy (non-hydrogen) atoms. The van der Waals surface area contributed by atoms with E-state index in [1.165, 1.54) is 0 Å². The molecule has 9 heteroatoms. The van der Waals surface area contributed by atoms with Crippen molar-refractivity contribution in [3.8, 4) is 5.75 Å². The number of hydrogen-bond donors (Lipinski definition) is 2. The number of halogens is 3. The lowest BCUT2D eigenvalue weighted by Gasteiger charge is -2.17. The second-order valence-corrected chi connectivity index (χ2v) is 9.32. The maximum Gasteiger partial charge on any atom is 0.243 e. The summed E-state index contributed by atoms with van der Waals surface area (Å²) in [6.07, 6.45) is 0.155. The Balaban J connectivity index is 1.30. The van der Waals surface area contributed by atoms with Crippen LogP contribution in [0.25, 0.3) is 0 Å². The van der Waals surface area contributed by atoms with Crippen LogP contribution in [0.3, 0.4) is 0 Å². The molecule has 0 spiro atoms. The maximum absolute atomic E-state index is 12.6. The van der Waals surface area contributed by atoms with Crippen LogP contribution in [0.4, 0.5) is 11.4 Å². The van der Waals surface area contributed by atoms with E-state index in [1.54, 1.807) is 35.2 Å². The number of nitrogens with zero attached hydrogens (tertiary/aromatic N) is 1. The van der Waals surface area contributed by atoms with Crippen molar-refractivity contribution >= 4 is 62.3 Å². The monoisotopic (exact) mass is 547 g/mol. The summed E-state index contributed by atoms with van der Waals surface area (Å²) in [5.41, 5.74) is 7.86. The van der Waals surface area contributed by atoms with Crippen LogP contribution in [0.2, 0.25) is 10.0 Å². The molecule has 0 aliphatic carbocycles. The van der Waals surface area contributed by atoms with Crippen LogP contribution in [0.5, 0.6) is 5.75 Å². The molecule has 4 rings (SSSR count). The molecule has 6 nitrogen and oxygen atoms in total. The van der Waals surface area contributed by atoms with Crippen molar-refractivity contribution in [2.75, 3.05) is 16.9 Å². The Labute approximate surface area is 209 Å². The van der Waals surface area contributed by atoms with Crippen LogP contribution in [-0.2, 0) is 16.2 Å². The van der Waals surface area contributed by atoms with Crippen LogP contribution < -0.4 is 20.5 Å². The number of amides is 2. The van der Waals surface area contributed by atoms with Crippen molar-refractivity contribution in [3.05, 3.63) is 86.8 Å². The smallest absolute Gasteiger partial charge is 0.243 e. The lowest BCUT2D eigenvalue weighted by Crippen LogP contribution is -2.36. The summed E-state index contributed by atoms with van der Waals surface area (Å²) >= 11 is 15.6. The van der Waals surface area contributed by atoms with Gasteiger partial charge in [0.25, 0.3) is 0 Å². The molecule has 0 bridgehead atoms. The minimum atomic E-state index is -0.453. The van der Waals surface area contributed by atoms with E-state index in [4.69, 9.17) is 27.9 Å². The number of nitrogens with one attached hydrogen (secondary N) is 2. The van der Waals surface area contributed by atoms with Crippen LogP contribution >= 0.6 is 39.1 Å². The van der Waals surface area contributed by atoms with Gasteiger partial charge < -0.3 is 9.64 Å². The van der Waals surface area contributed by atoms with Crippen molar-refractivity contribution in [1.29, 1.82) is 0 Å². The van der Waals surface area contributed by atoms with Gasteiger partial charge in [0, 0.05) is 28.1 Å². The zero-order chi connectivity index (χ0) is 23.4. The molecule has 0 unspecified atom stereocenters. The third-order valence-electron chi connectivity index (χ3n) is 5.20. The van der Waals surface area contributed by atoms with Crippen molar-refractivity contribution in [1.82, 2.24) is 5.43 Å². The first kappa shape index (κ1) is 23.4. The van der Waals surface area contributed by atoms with Crippen LogP contribution in [0.1, 0.15) is 12.0 Å². The first-order chi connectivity index (χ1) is 15.9. The predicted molar refractivity (Wildman–Crippen MR) is 134 cm³/mol. The van der Waals surface area contributed by atoms with Gasteiger partial charge in [-0.15, -0.1) is 0 Å². The van der Waals surface area contributed by atoms with Gasteiger partial charge in [-0.05, 0) is 60.2 Å². The number of hydrogen-bond acceptors (Lipinski definition) is 4. The molecule has 1 atom stereocenters. The summed E-state index contributed by atoms with van der Waals surface area (Å²) in [5, 5.41) is 1.07. The van der Waals surface area contributed by atoms with E-state index in [0.29, 0.717) is 34.6 Å². The van der Waals surface area contributed by atoms with E-state index < -0.39 is 5.92 Å². The van der Waals surface area contributed by atoms with Crippen LogP contribution in [-0.4, -0.2) is 18.4 Å². The number of benzene rings is 3. The number of carbonyl (C=O) groups is 2. The fraction of sp³-hybridized carbons (Fsp3) is 0.167. The summed E-state index contributed by atoms with van der Waals surface area (Å²) < 4.78 is 6.69. The Kier molecular flexibility index (Phi) is 7.42. The Morgan fingerprint density at radius 2 is 1.79 bits per heavy atom. The van der Waals surface area contributed by atoms with E-state index in [-0.39, 0.29) is 18.2 Å². The Morgan fingerprint density at radius 1 is 1.06 bits per heavy atom. The normalized spacial score (nSPS) is 15.4. The van der Waals surface area contributed by atoms with Gasteiger partial charge in [-0.25, -0.2) is 0 Å². The van der Waals surface area contributed by atoms with Crippen molar-refractivity contribution in [3.63, 3.8) is 0 Å². The first-order valence-electron chi connectivity index (χ1n) is 10.2.